The van der Waals surface area contributed by atoms with Crippen molar-refractivity contribution in [1.29, 1.82) is 0 Å². The van der Waals surface area contributed by atoms with Crippen molar-refractivity contribution in [3.63, 3.8) is 0 Å². The number of aliphatic hydroxyl groups excluding tert-OH is 9. The highest BCUT2D eigenvalue weighted by Gasteiger charge is 2.42. The Labute approximate surface area is 325 Å². The molecule has 312 valence electrons. The molecule has 15 nitrogen and oxygen atoms in total. The van der Waals surface area contributed by atoms with Crippen LogP contribution in [0.25, 0.3) is 0 Å². The van der Waals surface area contributed by atoms with Gasteiger partial charge in [0.15, 0.2) is 0 Å². The molecular weight excluding hydrogens is 733 g/mol. The smallest absolute Gasteiger partial charge is 0.114 e. The Bertz CT molecular complexity index is 768. The fourth-order valence-corrected chi connectivity index (χ4v) is 5.34. The van der Waals surface area contributed by atoms with E-state index in [9.17, 15) is 35.7 Å². The molecule has 0 aromatic carbocycles. The highest BCUT2D eigenvalue weighted by Crippen LogP contribution is 2.22. The summed E-state index contributed by atoms with van der Waals surface area (Å²) in [4.78, 5) is 0. The molecular formula is C33H72O15S3. The minimum absolute atomic E-state index is 0. The maximum atomic E-state index is 9.67. The van der Waals surface area contributed by atoms with Gasteiger partial charge in [-0.2, -0.15) is 40.5 Å². The van der Waals surface area contributed by atoms with Crippen LogP contribution in [0.3, 0.4) is 0 Å². The lowest BCUT2D eigenvalue weighted by Gasteiger charge is -2.24. The van der Waals surface area contributed by atoms with E-state index < -0.39 is 73.2 Å². The molecule has 0 aliphatic carbocycles. The average Bonchev–Trinajstić information content (AvgIpc) is 3.74. The van der Waals surface area contributed by atoms with E-state index in [0.29, 0.717) is 19.8 Å². The molecule has 3 saturated heterocycles. The SMILES string of the molecule is CCCCCOC[C@@H](O)[C@H]1OC[C@H](O)[C@H]1O.CCCCCO[C@H](CO)[C@H]1OC[C@H](O)[C@H]1O.CCCCCO[C@H]1[C@@H]([C@H](O)CO)OC[C@@H]1O.S.S.S. The molecule has 3 aliphatic heterocycles. The van der Waals surface area contributed by atoms with Gasteiger partial charge in [-0.1, -0.05) is 59.3 Å². The molecule has 3 aliphatic rings. The number of unbranched alkanes of at least 4 members (excludes halogenated alkanes) is 6. The summed E-state index contributed by atoms with van der Waals surface area (Å²) in [5.41, 5.74) is 0. The van der Waals surface area contributed by atoms with Crippen LogP contribution in [0.15, 0.2) is 0 Å². The Hall–Kier alpha value is 0.450. The summed E-state index contributed by atoms with van der Waals surface area (Å²) < 4.78 is 31.7. The molecule has 0 saturated carbocycles. The fourth-order valence-electron chi connectivity index (χ4n) is 5.34. The normalized spacial score (nSPS) is 30.0. The van der Waals surface area contributed by atoms with Gasteiger partial charge >= 0.3 is 0 Å². The molecule has 0 unspecified atom stereocenters. The summed E-state index contributed by atoms with van der Waals surface area (Å²) in [6.45, 7) is 7.88. The molecule has 9 N–H and O–H groups in total. The first-order valence-corrected chi connectivity index (χ1v) is 17.7. The van der Waals surface area contributed by atoms with Crippen molar-refractivity contribution >= 4 is 40.5 Å². The topological polar surface area (TPSA) is 237 Å². The van der Waals surface area contributed by atoms with Crippen LogP contribution < -0.4 is 0 Å². The van der Waals surface area contributed by atoms with E-state index in [0.717, 1.165) is 57.8 Å². The summed E-state index contributed by atoms with van der Waals surface area (Å²) in [7, 11) is 0. The fraction of sp³-hybridized carbons (Fsp3) is 1.00. The Kier molecular flexibility index (Phi) is 36.9. The number of ether oxygens (including phenoxy) is 6. The van der Waals surface area contributed by atoms with Crippen LogP contribution in [-0.2, 0) is 28.4 Å². The minimum Gasteiger partial charge on any atom is -0.394 e. The van der Waals surface area contributed by atoms with Crippen molar-refractivity contribution < 1.29 is 74.4 Å². The molecule has 18 heteroatoms. The number of rotatable bonds is 21. The Morgan fingerprint density at radius 3 is 1.51 bits per heavy atom. The molecule has 0 amide bonds. The Morgan fingerprint density at radius 1 is 0.569 bits per heavy atom. The van der Waals surface area contributed by atoms with Gasteiger partial charge < -0.3 is 74.4 Å². The third-order valence-electron chi connectivity index (χ3n) is 8.35. The van der Waals surface area contributed by atoms with Crippen LogP contribution in [0.4, 0.5) is 0 Å². The molecule has 0 aromatic rings. The number of hydrogen-bond acceptors (Lipinski definition) is 15. The summed E-state index contributed by atoms with van der Waals surface area (Å²) in [5, 5.41) is 84.4. The second-order valence-electron chi connectivity index (χ2n) is 12.5. The standard InChI is InChI=1S/3C11H22O5.3H2S/c1-2-3-4-5-15-6-9(13)11-10(14)8(12)7-16-11;1-2-3-4-5-15-9(6-12)11-10(14)8(13)7-16-11;1-2-3-4-5-15-11-9(14)7-16-10(11)8(13)6-12;;;/h3*8-14H,2-7H2,1H3;3*1H2/t2*8-,9+,10+,11+;8-,9+,10-,11-;;;/m001.../s1. The van der Waals surface area contributed by atoms with Gasteiger partial charge in [0, 0.05) is 19.8 Å². The minimum atomic E-state index is -1.02. The van der Waals surface area contributed by atoms with Crippen molar-refractivity contribution in [2.75, 3.05) is 59.5 Å². The van der Waals surface area contributed by atoms with Crippen molar-refractivity contribution in [1.82, 2.24) is 0 Å². The van der Waals surface area contributed by atoms with E-state index in [-0.39, 0.29) is 80.1 Å². The predicted octanol–water partition coefficient (Wildman–Crippen LogP) is -0.637. The van der Waals surface area contributed by atoms with E-state index >= 15 is 0 Å². The van der Waals surface area contributed by atoms with Gasteiger partial charge in [-0.05, 0) is 19.3 Å². The summed E-state index contributed by atoms with van der Waals surface area (Å²) >= 11 is 0. The highest BCUT2D eigenvalue weighted by atomic mass is 32.1. The Morgan fingerprint density at radius 2 is 1.04 bits per heavy atom. The van der Waals surface area contributed by atoms with Crippen molar-refractivity contribution in [2.24, 2.45) is 0 Å². The van der Waals surface area contributed by atoms with Crippen LogP contribution >= 0.6 is 40.5 Å². The lowest BCUT2D eigenvalue weighted by molar-refractivity contribution is -0.101. The van der Waals surface area contributed by atoms with Crippen molar-refractivity contribution in [3.05, 3.63) is 0 Å². The first-order chi connectivity index (χ1) is 23.1. The zero-order valence-corrected chi connectivity index (χ0v) is 33.6. The summed E-state index contributed by atoms with van der Waals surface area (Å²) in [6.07, 6.45) is 0.0217. The average molecular weight is 805 g/mol. The highest BCUT2D eigenvalue weighted by molar-refractivity contribution is 7.59. The first-order valence-electron chi connectivity index (χ1n) is 17.7. The quantitative estimate of drug-likeness (QED) is 0.0657. The van der Waals surface area contributed by atoms with Crippen LogP contribution in [0.5, 0.6) is 0 Å². The van der Waals surface area contributed by atoms with Crippen LogP contribution in [0.2, 0.25) is 0 Å². The largest absolute Gasteiger partial charge is 0.394 e. The summed E-state index contributed by atoms with van der Waals surface area (Å²) in [6, 6.07) is 0. The zero-order valence-electron chi connectivity index (χ0n) is 30.6. The third-order valence-corrected chi connectivity index (χ3v) is 8.35. The van der Waals surface area contributed by atoms with Gasteiger partial charge in [-0.15, -0.1) is 0 Å². The molecule has 3 heterocycles. The molecule has 51 heavy (non-hydrogen) atoms. The van der Waals surface area contributed by atoms with Crippen LogP contribution in [-0.4, -0.2) is 179 Å². The van der Waals surface area contributed by atoms with Gasteiger partial charge in [-0.3, -0.25) is 0 Å². The predicted molar refractivity (Wildman–Crippen MR) is 205 cm³/mol. The molecule has 0 radical (unpaired) electrons. The van der Waals surface area contributed by atoms with Gasteiger partial charge in [-0.25, -0.2) is 0 Å². The first kappa shape index (κ1) is 55.8. The second-order valence-corrected chi connectivity index (χ2v) is 12.5. The maximum Gasteiger partial charge on any atom is 0.114 e. The van der Waals surface area contributed by atoms with Gasteiger partial charge in [0.05, 0.1) is 39.6 Å². The lowest BCUT2D eigenvalue weighted by atomic mass is 10.1. The van der Waals surface area contributed by atoms with Gasteiger partial charge in [0.25, 0.3) is 0 Å². The number of hydrogen-bond donors (Lipinski definition) is 9. The molecule has 0 spiro atoms. The third kappa shape index (κ3) is 21.4. The van der Waals surface area contributed by atoms with Crippen LogP contribution in [0, 0.1) is 0 Å². The lowest BCUT2D eigenvalue weighted by Crippen LogP contribution is -2.42. The second kappa shape index (κ2) is 33.8. The van der Waals surface area contributed by atoms with E-state index in [4.69, 9.17) is 38.6 Å². The molecule has 3 rings (SSSR count). The monoisotopic (exact) mass is 804 g/mol. The summed E-state index contributed by atoms with van der Waals surface area (Å²) in [5.74, 6) is 0. The molecule has 0 bridgehead atoms. The Balaban J connectivity index is -0.000000658. The maximum absolute atomic E-state index is 9.67. The van der Waals surface area contributed by atoms with Crippen LogP contribution in [0.1, 0.15) is 78.6 Å². The van der Waals surface area contributed by atoms with Crippen molar-refractivity contribution in [2.45, 2.75) is 152 Å². The number of aliphatic hydroxyl groups is 9. The zero-order chi connectivity index (χ0) is 35.9. The van der Waals surface area contributed by atoms with Gasteiger partial charge in [0.1, 0.15) is 73.2 Å². The molecule has 3 fully saturated rings. The molecule has 12 atom stereocenters. The van der Waals surface area contributed by atoms with E-state index in [1.807, 2.05) is 0 Å². The van der Waals surface area contributed by atoms with Gasteiger partial charge in [0.2, 0.25) is 0 Å². The van der Waals surface area contributed by atoms with E-state index in [1.165, 1.54) is 0 Å². The molecule has 0 aromatic heterocycles. The van der Waals surface area contributed by atoms with Crippen molar-refractivity contribution in [3.8, 4) is 0 Å². The van der Waals surface area contributed by atoms with E-state index in [2.05, 4.69) is 20.8 Å². The van der Waals surface area contributed by atoms with E-state index in [1.54, 1.807) is 0 Å².